The van der Waals surface area contributed by atoms with E-state index in [2.05, 4.69) is 67.2 Å². The highest BCUT2D eigenvalue weighted by atomic mass is 32.1. The van der Waals surface area contributed by atoms with Crippen LogP contribution in [0.5, 0.6) is 0 Å². The highest BCUT2D eigenvalue weighted by molar-refractivity contribution is 7.12. The molecule has 4 nitrogen and oxygen atoms in total. The van der Waals surface area contributed by atoms with Crippen molar-refractivity contribution in [3.63, 3.8) is 0 Å². The number of carbonyl (C=O) groups excluding carboxylic acids is 1. The molecule has 0 radical (unpaired) electrons. The monoisotopic (exact) mass is 482 g/mol. The van der Waals surface area contributed by atoms with Crippen molar-refractivity contribution >= 4 is 33.7 Å². The van der Waals surface area contributed by atoms with Crippen molar-refractivity contribution in [2.24, 2.45) is 0 Å². The number of hydrogen-bond acceptors (Lipinski definition) is 4. The average Bonchev–Trinajstić information content (AvgIpc) is 3.44. The molecule has 35 heavy (non-hydrogen) atoms. The number of benzene rings is 2. The SMILES string of the molecule is CC(=O)c1sccc1C#Cc1c(-c2cccc3c(C)c[nH]c23)cc(C)c2c1[C@H](C)[C@@H](O)C(C)(C)N2. The molecular weight excluding hydrogens is 452 g/mol. The molecular formula is C30H30N2O2S. The van der Waals surface area contributed by atoms with Crippen LogP contribution in [0, 0.1) is 25.7 Å². The van der Waals surface area contributed by atoms with Gasteiger partial charge in [-0.2, -0.15) is 0 Å². The maximum atomic E-state index is 12.1. The lowest BCUT2D eigenvalue weighted by Crippen LogP contribution is -2.50. The van der Waals surface area contributed by atoms with Gasteiger partial charge in [0.25, 0.3) is 0 Å². The summed E-state index contributed by atoms with van der Waals surface area (Å²) >= 11 is 1.42. The zero-order chi connectivity index (χ0) is 25.1. The van der Waals surface area contributed by atoms with Crippen molar-refractivity contribution in [2.45, 2.75) is 59.1 Å². The predicted molar refractivity (Wildman–Crippen MR) is 146 cm³/mol. The molecule has 3 heterocycles. The summed E-state index contributed by atoms with van der Waals surface area (Å²) in [6.07, 6.45) is 1.45. The number of anilines is 1. The second kappa shape index (κ2) is 8.41. The number of aliphatic hydroxyl groups excluding tert-OH is 1. The van der Waals surface area contributed by atoms with E-state index in [4.69, 9.17) is 0 Å². The van der Waals surface area contributed by atoms with E-state index in [1.807, 2.05) is 31.5 Å². The fourth-order valence-corrected chi connectivity index (χ4v) is 6.07. The summed E-state index contributed by atoms with van der Waals surface area (Å²) in [6, 6.07) is 10.4. The summed E-state index contributed by atoms with van der Waals surface area (Å²) in [4.78, 5) is 16.2. The second-order valence-corrected chi connectivity index (χ2v) is 11.1. The van der Waals surface area contributed by atoms with E-state index in [1.54, 1.807) is 6.92 Å². The van der Waals surface area contributed by atoms with Gasteiger partial charge < -0.3 is 15.4 Å². The third-order valence-electron chi connectivity index (χ3n) is 7.20. The number of para-hydroxylation sites is 1. The highest BCUT2D eigenvalue weighted by Gasteiger charge is 2.40. The van der Waals surface area contributed by atoms with E-state index in [-0.39, 0.29) is 11.7 Å². The Kier molecular flexibility index (Phi) is 5.62. The maximum absolute atomic E-state index is 12.1. The van der Waals surface area contributed by atoms with E-state index in [0.29, 0.717) is 4.88 Å². The molecule has 5 rings (SSSR count). The van der Waals surface area contributed by atoms with Crippen LogP contribution < -0.4 is 5.32 Å². The largest absolute Gasteiger partial charge is 0.390 e. The van der Waals surface area contributed by atoms with E-state index in [1.165, 1.54) is 22.3 Å². The number of thiophene rings is 1. The number of aryl methyl sites for hydroxylation is 2. The van der Waals surface area contributed by atoms with E-state index in [9.17, 15) is 9.90 Å². The molecule has 0 saturated carbocycles. The quantitative estimate of drug-likeness (QED) is 0.218. The van der Waals surface area contributed by atoms with Crippen LogP contribution in [-0.4, -0.2) is 27.5 Å². The van der Waals surface area contributed by atoms with Gasteiger partial charge in [-0.15, -0.1) is 11.3 Å². The molecule has 2 atom stereocenters. The van der Waals surface area contributed by atoms with Crippen LogP contribution in [0.15, 0.2) is 41.9 Å². The lowest BCUT2D eigenvalue weighted by atomic mass is 9.75. The van der Waals surface area contributed by atoms with Gasteiger partial charge in [0.05, 0.1) is 22.0 Å². The Bertz CT molecular complexity index is 1540. The predicted octanol–water partition coefficient (Wildman–Crippen LogP) is 6.78. The number of fused-ring (bicyclic) bond motifs is 2. The Labute approximate surface area is 210 Å². The minimum Gasteiger partial charge on any atom is -0.390 e. The Morgan fingerprint density at radius 1 is 1.11 bits per heavy atom. The lowest BCUT2D eigenvalue weighted by Gasteiger charge is -2.43. The lowest BCUT2D eigenvalue weighted by molar-refractivity contribution is 0.0868. The fourth-order valence-electron chi connectivity index (χ4n) is 5.32. The van der Waals surface area contributed by atoms with Gasteiger partial charge in [-0.05, 0) is 68.8 Å². The van der Waals surface area contributed by atoms with Gasteiger partial charge >= 0.3 is 0 Å². The van der Waals surface area contributed by atoms with Crippen molar-refractivity contribution < 1.29 is 9.90 Å². The first-order chi connectivity index (χ1) is 16.6. The van der Waals surface area contributed by atoms with Gasteiger partial charge in [0.1, 0.15) is 0 Å². The Balaban J connectivity index is 1.84. The molecule has 2 aromatic heterocycles. The molecule has 0 aliphatic carbocycles. The van der Waals surface area contributed by atoms with Crippen molar-refractivity contribution in [1.82, 2.24) is 4.98 Å². The standard InChI is InChI=1S/C30H30N2O2S/c1-16-14-24(23-9-7-8-21-17(2)15-31-27(21)23)22(11-10-20-12-13-35-28(20)19(4)33)25-18(3)29(34)30(5,6)32-26(16)25/h7-9,12-15,18,29,31-32,34H,1-6H3/t18-,29+/m0/s1. The van der Waals surface area contributed by atoms with Gasteiger partial charge in [0.15, 0.2) is 5.78 Å². The molecule has 0 spiro atoms. The van der Waals surface area contributed by atoms with Crippen LogP contribution >= 0.6 is 11.3 Å². The van der Waals surface area contributed by atoms with Crippen molar-refractivity contribution in [2.75, 3.05) is 5.32 Å². The summed E-state index contributed by atoms with van der Waals surface area (Å²) < 4.78 is 0. The third-order valence-corrected chi connectivity index (χ3v) is 8.21. The Morgan fingerprint density at radius 2 is 1.89 bits per heavy atom. The van der Waals surface area contributed by atoms with Gasteiger partial charge in [-0.1, -0.05) is 37.0 Å². The number of rotatable bonds is 2. The first-order valence-electron chi connectivity index (χ1n) is 11.9. The number of ketones is 1. The molecule has 178 valence electrons. The number of aromatic nitrogens is 1. The van der Waals surface area contributed by atoms with Crippen LogP contribution in [0.25, 0.3) is 22.0 Å². The highest BCUT2D eigenvalue weighted by Crippen LogP contribution is 2.46. The maximum Gasteiger partial charge on any atom is 0.170 e. The van der Waals surface area contributed by atoms with Crippen molar-refractivity contribution in [3.05, 3.63) is 74.6 Å². The first-order valence-corrected chi connectivity index (χ1v) is 12.8. The summed E-state index contributed by atoms with van der Waals surface area (Å²) in [7, 11) is 0. The minimum absolute atomic E-state index is 0.0225. The van der Waals surface area contributed by atoms with Gasteiger partial charge in [-0.3, -0.25) is 4.79 Å². The van der Waals surface area contributed by atoms with Crippen LogP contribution in [0.2, 0.25) is 0 Å². The molecule has 4 aromatic rings. The number of hydrogen-bond donors (Lipinski definition) is 3. The summed E-state index contributed by atoms with van der Waals surface area (Å²) in [6.45, 7) is 11.9. The van der Waals surface area contributed by atoms with Crippen LogP contribution in [0.3, 0.4) is 0 Å². The minimum atomic E-state index is -0.581. The number of nitrogens with one attached hydrogen (secondary N) is 2. The summed E-state index contributed by atoms with van der Waals surface area (Å²) in [5, 5.41) is 17.9. The van der Waals surface area contributed by atoms with Gasteiger partial charge in [0.2, 0.25) is 0 Å². The molecule has 1 aliphatic heterocycles. The van der Waals surface area contributed by atoms with Crippen LogP contribution in [0.4, 0.5) is 5.69 Å². The fraction of sp³-hybridized carbons (Fsp3) is 0.300. The third kappa shape index (κ3) is 3.78. The normalized spacial score (nSPS) is 18.5. The molecule has 0 saturated heterocycles. The second-order valence-electron chi connectivity index (χ2n) is 10.2. The van der Waals surface area contributed by atoms with E-state index in [0.717, 1.165) is 44.6 Å². The van der Waals surface area contributed by atoms with Crippen LogP contribution in [0.1, 0.15) is 71.1 Å². The molecule has 3 N–H and O–H groups in total. The van der Waals surface area contributed by atoms with Gasteiger partial charge in [0, 0.05) is 45.4 Å². The Morgan fingerprint density at radius 3 is 2.63 bits per heavy atom. The molecule has 0 bridgehead atoms. The van der Waals surface area contributed by atoms with E-state index < -0.39 is 11.6 Å². The van der Waals surface area contributed by atoms with Crippen LogP contribution in [-0.2, 0) is 0 Å². The number of Topliss-reactive ketones (excluding diaryl/α,β-unsaturated/α-hetero) is 1. The number of carbonyl (C=O) groups is 1. The van der Waals surface area contributed by atoms with E-state index >= 15 is 0 Å². The zero-order valence-corrected chi connectivity index (χ0v) is 21.8. The molecule has 0 fully saturated rings. The van der Waals surface area contributed by atoms with Crippen molar-refractivity contribution in [3.8, 4) is 23.0 Å². The van der Waals surface area contributed by atoms with Gasteiger partial charge in [-0.25, -0.2) is 0 Å². The molecule has 5 heteroatoms. The Hall–Kier alpha value is -3.33. The first kappa shape index (κ1) is 23.4. The molecule has 2 aromatic carbocycles. The average molecular weight is 483 g/mol. The summed E-state index contributed by atoms with van der Waals surface area (Å²) in [5.41, 5.74) is 8.73. The number of aromatic amines is 1. The molecule has 0 amide bonds. The smallest absolute Gasteiger partial charge is 0.170 e. The number of aliphatic hydroxyl groups is 1. The van der Waals surface area contributed by atoms with Crippen molar-refractivity contribution in [1.29, 1.82) is 0 Å². The number of H-pyrrole nitrogens is 1. The molecule has 1 aliphatic rings. The zero-order valence-electron chi connectivity index (χ0n) is 21.0. The topological polar surface area (TPSA) is 65.1 Å². The molecule has 0 unspecified atom stereocenters. The summed E-state index contributed by atoms with van der Waals surface area (Å²) in [5.74, 6) is 6.65.